The van der Waals surface area contributed by atoms with Gasteiger partial charge in [-0.2, -0.15) is 0 Å². The van der Waals surface area contributed by atoms with Crippen molar-refractivity contribution < 1.29 is 9.53 Å². The number of rotatable bonds is 2. The number of esters is 1. The lowest BCUT2D eigenvalue weighted by Crippen LogP contribution is -2.03. The summed E-state index contributed by atoms with van der Waals surface area (Å²) in [6.45, 7) is 6.09. The molecular formula is C15H18N2O2S. The topological polar surface area (TPSA) is 52.1 Å². The van der Waals surface area contributed by atoms with Gasteiger partial charge in [-0.3, -0.25) is 0 Å². The molecule has 0 atom stereocenters. The fourth-order valence-corrected chi connectivity index (χ4v) is 1.55. The van der Waals surface area contributed by atoms with Gasteiger partial charge in [-0.1, -0.05) is 0 Å². The van der Waals surface area contributed by atoms with E-state index in [1.807, 2.05) is 19.9 Å². The highest BCUT2D eigenvalue weighted by molar-refractivity contribution is 7.80. The van der Waals surface area contributed by atoms with Crippen LogP contribution in [-0.4, -0.2) is 22.5 Å². The highest BCUT2D eigenvalue weighted by atomic mass is 32.1. The molecule has 0 radical (unpaired) electrons. The van der Waals surface area contributed by atoms with Crippen molar-refractivity contribution in [2.45, 2.75) is 25.7 Å². The minimum atomic E-state index is -0.286. The third-order valence-electron chi connectivity index (χ3n) is 2.32. The van der Waals surface area contributed by atoms with E-state index in [9.17, 15) is 4.79 Å². The average Bonchev–Trinajstić information content (AvgIpc) is 2.40. The van der Waals surface area contributed by atoms with E-state index in [-0.39, 0.29) is 5.97 Å². The Bertz CT molecular complexity index is 539. The SMILES string of the molecule is CCOC(=O)c1ccc(S)cc1.Cc1cc(C)ncn1. The smallest absolute Gasteiger partial charge is 0.338 e. The summed E-state index contributed by atoms with van der Waals surface area (Å²) in [6.07, 6.45) is 1.57. The Kier molecular flexibility index (Phi) is 6.73. The van der Waals surface area contributed by atoms with E-state index in [2.05, 4.69) is 22.6 Å². The van der Waals surface area contributed by atoms with Crippen LogP contribution >= 0.6 is 12.6 Å². The molecule has 0 aliphatic carbocycles. The average molecular weight is 290 g/mol. The quantitative estimate of drug-likeness (QED) is 0.681. The Morgan fingerprint density at radius 3 is 2.10 bits per heavy atom. The Morgan fingerprint density at radius 2 is 1.70 bits per heavy atom. The van der Waals surface area contributed by atoms with Gasteiger partial charge in [0.15, 0.2) is 0 Å². The number of aromatic nitrogens is 2. The van der Waals surface area contributed by atoms with Crippen LogP contribution in [0.4, 0.5) is 0 Å². The molecule has 4 nitrogen and oxygen atoms in total. The van der Waals surface area contributed by atoms with Crippen LogP contribution in [-0.2, 0) is 4.74 Å². The van der Waals surface area contributed by atoms with Gasteiger partial charge in [0.2, 0.25) is 0 Å². The van der Waals surface area contributed by atoms with Crippen LogP contribution in [0.2, 0.25) is 0 Å². The van der Waals surface area contributed by atoms with Gasteiger partial charge in [-0.05, 0) is 51.1 Å². The van der Waals surface area contributed by atoms with Crippen LogP contribution in [0.1, 0.15) is 28.7 Å². The van der Waals surface area contributed by atoms with Crippen LogP contribution in [0.15, 0.2) is 41.6 Å². The van der Waals surface area contributed by atoms with Gasteiger partial charge in [0.25, 0.3) is 0 Å². The molecule has 106 valence electrons. The Labute approximate surface area is 124 Å². The molecule has 0 amide bonds. The lowest BCUT2D eigenvalue weighted by atomic mass is 10.2. The summed E-state index contributed by atoms with van der Waals surface area (Å²) in [5, 5.41) is 0. The second-order valence-corrected chi connectivity index (χ2v) is 4.58. The molecule has 1 aromatic heterocycles. The fourth-order valence-electron chi connectivity index (χ4n) is 1.40. The molecule has 0 saturated carbocycles. The summed E-state index contributed by atoms with van der Waals surface area (Å²) in [5.74, 6) is -0.286. The fraction of sp³-hybridized carbons (Fsp3) is 0.267. The second-order valence-electron chi connectivity index (χ2n) is 4.07. The molecular weight excluding hydrogens is 272 g/mol. The van der Waals surface area contributed by atoms with Crippen molar-refractivity contribution in [3.63, 3.8) is 0 Å². The zero-order valence-corrected chi connectivity index (χ0v) is 12.7. The van der Waals surface area contributed by atoms with Crippen molar-refractivity contribution in [2.75, 3.05) is 6.61 Å². The standard InChI is InChI=1S/C9H10O2S.C6H8N2/c1-2-11-9(10)7-3-5-8(12)6-4-7;1-5-3-6(2)8-4-7-5/h3-6,12H,2H2,1H3;3-4H,1-2H3. The normalized spacial score (nSPS) is 9.40. The van der Waals surface area contributed by atoms with E-state index >= 15 is 0 Å². The van der Waals surface area contributed by atoms with Crippen LogP contribution in [0, 0.1) is 13.8 Å². The molecule has 20 heavy (non-hydrogen) atoms. The first-order valence-electron chi connectivity index (χ1n) is 6.24. The van der Waals surface area contributed by atoms with E-state index in [1.54, 1.807) is 37.5 Å². The molecule has 0 aliphatic heterocycles. The number of benzene rings is 1. The van der Waals surface area contributed by atoms with E-state index in [0.29, 0.717) is 12.2 Å². The maximum atomic E-state index is 11.1. The third-order valence-corrected chi connectivity index (χ3v) is 2.62. The van der Waals surface area contributed by atoms with Crippen molar-refractivity contribution in [1.82, 2.24) is 9.97 Å². The van der Waals surface area contributed by atoms with Gasteiger partial charge >= 0.3 is 5.97 Å². The Morgan fingerprint density at radius 1 is 1.15 bits per heavy atom. The second kappa shape index (κ2) is 8.32. The Hall–Kier alpha value is -1.88. The van der Waals surface area contributed by atoms with Crippen LogP contribution in [0.5, 0.6) is 0 Å². The number of hydrogen-bond acceptors (Lipinski definition) is 5. The van der Waals surface area contributed by atoms with Crippen LogP contribution in [0.25, 0.3) is 0 Å². The molecule has 1 heterocycles. The van der Waals surface area contributed by atoms with E-state index < -0.39 is 0 Å². The Balaban J connectivity index is 0.000000217. The molecule has 2 aromatic rings. The molecule has 0 fully saturated rings. The van der Waals surface area contributed by atoms with Crippen molar-refractivity contribution in [1.29, 1.82) is 0 Å². The number of hydrogen-bond donors (Lipinski definition) is 1. The van der Waals surface area contributed by atoms with E-state index in [0.717, 1.165) is 16.3 Å². The van der Waals surface area contributed by atoms with Crippen molar-refractivity contribution >= 4 is 18.6 Å². The van der Waals surface area contributed by atoms with Gasteiger partial charge in [-0.25, -0.2) is 14.8 Å². The predicted molar refractivity (Wildman–Crippen MR) is 81.2 cm³/mol. The first kappa shape index (κ1) is 16.2. The predicted octanol–water partition coefficient (Wildman–Crippen LogP) is 3.25. The van der Waals surface area contributed by atoms with Gasteiger partial charge in [0.05, 0.1) is 12.2 Å². The molecule has 0 spiro atoms. The number of nitrogens with zero attached hydrogens (tertiary/aromatic N) is 2. The van der Waals surface area contributed by atoms with Gasteiger partial charge in [-0.15, -0.1) is 12.6 Å². The van der Waals surface area contributed by atoms with Crippen molar-refractivity contribution in [3.8, 4) is 0 Å². The number of carbonyl (C=O) groups is 1. The third kappa shape index (κ3) is 5.84. The largest absolute Gasteiger partial charge is 0.462 e. The monoisotopic (exact) mass is 290 g/mol. The lowest BCUT2D eigenvalue weighted by molar-refractivity contribution is 0.0526. The summed E-state index contributed by atoms with van der Waals surface area (Å²) in [5.41, 5.74) is 2.62. The van der Waals surface area contributed by atoms with Gasteiger partial charge < -0.3 is 4.74 Å². The number of carbonyl (C=O) groups excluding carboxylic acids is 1. The summed E-state index contributed by atoms with van der Waals surface area (Å²) in [4.78, 5) is 19.8. The maximum Gasteiger partial charge on any atom is 0.338 e. The molecule has 0 aliphatic rings. The van der Waals surface area contributed by atoms with E-state index in [4.69, 9.17) is 4.74 Å². The van der Waals surface area contributed by atoms with Crippen molar-refractivity contribution in [3.05, 3.63) is 53.6 Å². The molecule has 5 heteroatoms. The number of thiol groups is 1. The molecule has 0 unspecified atom stereocenters. The summed E-state index contributed by atoms with van der Waals surface area (Å²) in [7, 11) is 0. The first-order valence-corrected chi connectivity index (χ1v) is 6.69. The minimum absolute atomic E-state index is 0.286. The summed E-state index contributed by atoms with van der Waals surface area (Å²) in [6, 6.07) is 8.85. The van der Waals surface area contributed by atoms with Crippen molar-refractivity contribution in [2.24, 2.45) is 0 Å². The highest BCUT2D eigenvalue weighted by Gasteiger charge is 2.03. The van der Waals surface area contributed by atoms with Gasteiger partial charge in [0, 0.05) is 16.3 Å². The van der Waals surface area contributed by atoms with E-state index in [1.165, 1.54) is 0 Å². The zero-order valence-electron chi connectivity index (χ0n) is 11.8. The lowest BCUT2D eigenvalue weighted by Gasteiger charge is -2.00. The summed E-state index contributed by atoms with van der Waals surface area (Å²) < 4.78 is 4.80. The van der Waals surface area contributed by atoms with Crippen LogP contribution < -0.4 is 0 Å². The zero-order chi connectivity index (χ0) is 15.0. The highest BCUT2D eigenvalue weighted by Crippen LogP contribution is 2.08. The van der Waals surface area contributed by atoms with Gasteiger partial charge in [0.1, 0.15) is 6.33 Å². The summed E-state index contributed by atoms with van der Waals surface area (Å²) >= 11 is 4.10. The molecule has 1 aromatic carbocycles. The molecule has 0 bridgehead atoms. The minimum Gasteiger partial charge on any atom is -0.462 e. The number of ether oxygens (including phenoxy) is 1. The maximum absolute atomic E-state index is 11.1. The molecule has 0 N–H and O–H groups in total. The molecule has 0 saturated heterocycles. The first-order chi connectivity index (χ1) is 9.52. The molecule has 2 rings (SSSR count). The number of aryl methyl sites for hydroxylation is 2. The van der Waals surface area contributed by atoms with Crippen LogP contribution in [0.3, 0.4) is 0 Å².